The Hall–Kier alpha value is -2.50. The van der Waals surface area contributed by atoms with E-state index in [1.807, 2.05) is 0 Å². The van der Waals surface area contributed by atoms with Crippen molar-refractivity contribution in [1.29, 1.82) is 0 Å². The van der Waals surface area contributed by atoms with Crippen LogP contribution in [0.15, 0.2) is 24.3 Å². The Morgan fingerprint density at radius 2 is 1.75 bits per heavy atom. The number of benzene rings is 1. The highest BCUT2D eigenvalue weighted by Crippen LogP contribution is 2.32. The number of hydrogen-bond acceptors (Lipinski definition) is 4. The quantitative estimate of drug-likeness (QED) is 0.642. The van der Waals surface area contributed by atoms with Gasteiger partial charge in [-0.3, -0.25) is 14.5 Å². The molecular weight excluding hydrogens is 262 g/mol. The van der Waals surface area contributed by atoms with Crippen LogP contribution in [0, 0.1) is 0 Å². The van der Waals surface area contributed by atoms with E-state index in [-0.39, 0.29) is 24.0 Å². The van der Waals surface area contributed by atoms with Crippen molar-refractivity contribution in [3.05, 3.63) is 35.4 Å². The van der Waals surface area contributed by atoms with E-state index in [0.29, 0.717) is 6.29 Å². The molecule has 0 aliphatic carbocycles. The van der Waals surface area contributed by atoms with Crippen LogP contribution in [-0.2, 0) is 9.59 Å². The molecule has 0 saturated carbocycles. The predicted octanol–water partition coefficient (Wildman–Crippen LogP) is 1.11. The number of carbonyl (C=O) groups is 4. The Kier molecular flexibility index (Phi) is 3.40. The first kappa shape index (κ1) is 13.9. The second-order valence-electron chi connectivity index (χ2n) is 4.78. The molecule has 1 aliphatic rings. The first-order valence-corrected chi connectivity index (χ1v) is 6.08. The maximum Gasteiger partial charge on any atom is 0.329 e. The third kappa shape index (κ3) is 1.89. The van der Waals surface area contributed by atoms with Crippen molar-refractivity contribution >= 4 is 24.1 Å². The van der Waals surface area contributed by atoms with Crippen molar-refractivity contribution in [1.82, 2.24) is 4.90 Å². The molecule has 20 heavy (non-hydrogen) atoms. The first-order valence-electron chi connectivity index (χ1n) is 6.08. The zero-order valence-electron chi connectivity index (χ0n) is 10.8. The zero-order valence-corrected chi connectivity index (χ0v) is 10.8. The van der Waals surface area contributed by atoms with E-state index in [0.717, 1.165) is 4.90 Å². The monoisotopic (exact) mass is 275 g/mol. The van der Waals surface area contributed by atoms with Crippen LogP contribution in [0.4, 0.5) is 0 Å². The summed E-state index contributed by atoms with van der Waals surface area (Å²) in [6, 6.07) is 6.18. The number of carboxylic acids is 1. The van der Waals surface area contributed by atoms with Crippen molar-refractivity contribution in [3.63, 3.8) is 0 Å². The summed E-state index contributed by atoms with van der Waals surface area (Å²) in [6.45, 7) is 1.28. The summed E-state index contributed by atoms with van der Waals surface area (Å²) in [5.74, 6) is -2.59. The molecule has 0 radical (unpaired) electrons. The van der Waals surface area contributed by atoms with Gasteiger partial charge in [0.25, 0.3) is 11.8 Å². The van der Waals surface area contributed by atoms with E-state index in [1.165, 1.54) is 19.1 Å². The van der Waals surface area contributed by atoms with Gasteiger partial charge in [0, 0.05) is 6.42 Å². The van der Waals surface area contributed by atoms with Crippen molar-refractivity contribution in [2.45, 2.75) is 25.3 Å². The first-order chi connectivity index (χ1) is 9.43. The minimum atomic E-state index is -1.73. The van der Waals surface area contributed by atoms with Crippen molar-refractivity contribution in [2.75, 3.05) is 0 Å². The average molecular weight is 275 g/mol. The molecule has 0 bridgehead atoms. The summed E-state index contributed by atoms with van der Waals surface area (Å²) < 4.78 is 0. The summed E-state index contributed by atoms with van der Waals surface area (Å²) in [6.07, 6.45) is 0.410. The van der Waals surface area contributed by atoms with Gasteiger partial charge < -0.3 is 9.90 Å². The number of hydrogen-bond donors (Lipinski definition) is 1. The summed E-state index contributed by atoms with van der Waals surface area (Å²) in [5.41, 5.74) is -1.35. The third-order valence-corrected chi connectivity index (χ3v) is 3.50. The molecule has 2 rings (SSSR count). The molecule has 1 heterocycles. The Balaban J connectivity index is 2.47. The molecule has 6 heteroatoms. The van der Waals surface area contributed by atoms with E-state index in [4.69, 9.17) is 0 Å². The molecule has 1 aromatic rings. The highest BCUT2D eigenvalue weighted by molar-refractivity contribution is 6.23. The molecule has 1 aliphatic heterocycles. The maximum atomic E-state index is 12.3. The van der Waals surface area contributed by atoms with E-state index in [1.54, 1.807) is 12.1 Å². The fourth-order valence-corrected chi connectivity index (χ4v) is 2.29. The highest BCUT2D eigenvalue weighted by Gasteiger charge is 2.50. The van der Waals surface area contributed by atoms with Crippen molar-refractivity contribution in [2.24, 2.45) is 0 Å². The summed E-state index contributed by atoms with van der Waals surface area (Å²) in [4.78, 5) is 47.3. The number of carboxylic acid groups (broad SMARTS) is 1. The minimum Gasteiger partial charge on any atom is -0.479 e. The van der Waals surface area contributed by atoms with Crippen molar-refractivity contribution in [3.8, 4) is 0 Å². The second kappa shape index (κ2) is 4.88. The number of aliphatic carboxylic acids is 1. The molecule has 1 atom stereocenters. The van der Waals surface area contributed by atoms with Crippen LogP contribution < -0.4 is 0 Å². The molecule has 1 N–H and O–H groups in total. The second-order valence-corrected chi connectivity index (χ2v) is 4.78. The van der Waals surface area contributed by atoms with E-state index < -0.39 is 23.3 Å². The topological polar surface area (TPSA) is 91.8 Å². The molecule has 2 amide bonds. The number of amides is 2. The molecular formula is C14H13NO5. The van der Waals surface area contributed by atoms with Crippen molar-refractivity contribution < 1.29 is 24.3 Å². The van der Waals surface area contributed by atoms with E-state index >= 15 is 0 Å². The van der Waals surface area contributed by atoms with Gasteiger partial charge in [0.1, 0.15) is 11.8 Å². The van der Waals surface area contributed by atoms with E-state index in [9.17, 15) is 24.3 Å². The molecule has 6 nitrogen and oxygen atoms in total. The van der Waals surface area contributed by atoms with Gasteiger partial charge in [-0.1, -0.05) is 12.1 Å². The smallest absolute Gasteiger partial charge is 0.329 e. The van der Waals surface area contributed by atoms with Gasteiger partial charge in [0.15, 0.2) is 0 Å². The predicted molar refractivity (Wildman–Crippen MR) is 68.3 cm³/mol. The molecule has 0 unspecified atom stereocenters. The van der Waals surface area contributed by atoms with Crippen LogP contribution in [0.3, 0.4) is 0 Å². The van der Waals surface area contributed by atoms with Crippen LogP contribution in [0.2, 0.25) is 0 Å². The Bertz CT molecular complexity index is 574. The number of fused-ring (bicyclic) bond motifs is 1. The van der Waals surface area contributed by atoms with Crippen LogP contribution in [0.1, 0.15) is 40.5 Å². The third-order valence-electron chi connectivity index (χ3n) is 3.50. The van der Waals surface area contributed by atoms with Gasteiger partial charge in [0.05, 0.1) is 11.1 Å². The fourth-order valence-electron chi connectivity index (χ4n) is 2.29. The lowest BCUT2D eigenvalue weighted by atomic mass is 9.94. The van der Waals surface area contributed by atoms with Gasteiger partial charge in [-0.05, 0) is 25.5 Å². The SMILES string of the molecule is C[C@](CCC=O)(C(=O)O)N1C(=O)c2ccccc2C1=O. The highest BCUT2D eigenvalue weighted by atomic mass is 16.4. The van der Waals surface area contributed by atoms with Gasteiger partial charge in [0.2, 0.25) is 0 Å². The minimum absolute atomic E-state index is 0.0454. The largest absolute Gasteiger partial charge is 0.479 e. The summed E-state index contributed by atoms with van der Waals surface area (Å²) >= 11 is 0. The molecule has 104 valence electrons. The molecule has 0 fully saturated rings. The van der Waals surface area contributed by atoms with Gasteiger partial charge >= 0.3 is 5.97 Å². The van der Waals surface area contributed by atoms with E-state index in [2.05, 4.69) is 0 Å². The van der Waals surface area contributed by atoms with Crippen LogP contribution in [0.25, 0.3) is 0 Å². The van der Waals surface area contributed by atoms with Gasteiger partial charge in [-0.25, -0.2) is 4.79 Å². The van der Waals surface area contributed by atoms with Crippen LogP contribution in [-0.4, -0.2) is 39.6 Å². The standard InChI is InChI=1S/C14H13NO5/c1-14(13(19)20,7-4-8-16)15-11(17)9-5-2-3-6-10(9)12(15)18/h2-3,5-6,8H,4,7H2,1H3,(H,19,20)/t14-/m0/s1. The molecule has 1 aromatic carbocycles. The number of nitrogens with zero attached hydrogens (tertiary/aromatic N) is 1. The zero-order chi connectivity index (χ0) is 14.9. The van der Waals surface area contributed by atoms with Gasteiger partial charge in [-0.2, -0.15) is 0 Å². The molecule has 0 aromatic heterocycles. The maximum absolute atomic E-state index is 12.3. The lowest BCUT2D eigenvalue weighted by molar-refractivity contribution is -0.148. The Labute approximate surface area is 115 Å². The lowest BCUT2D eigenvalue weighted by Gasteiger charge is -2.32. The average Bonchev–Trinajstić information content (AvgIpc) is 2.69. The van der Waals surface area contributed by atoms with Crippen LogP contribution >= 0.6 is 0 Å². The number of carbonyl (C=O) groups excluding carboxylic acids is 3. The summed E-state index contributed by atoms with van der Waals surface area (Å²) in [7, 11) is 0. The number of imide groups is 1. The Morgan fingerprint density at radius 3 is 2.15 bits per heavy atom. The number of rotatable bonds is 5. The summed E-state index contributed by atoms with van der Waals surface area (Å²) in [5, 5.41) is 9.37. The van der Waals surface area contributed by atoms with Crippen LogP contribution in [0.5, 0.6) is 0 Å². The Morgan fingerprint density at radius 1 is 1.25 bits per heavy atom. The van der Waals surface area contributed by atoms with Gasteiger partial charge in [-0.15, -0.1) is 0 Å². The number of aldehydes is 1. The lowest BCUT2D eigenvalue weighted by Crippen LogP contribution is -2.55. The molecule has 0 spiro atoms. The normalized spacial score (nSPS) is 16.8. The molecule has 0 saturated heterocycles. The fraction of sp³-hybridized carbons (Fsp3) is 0.286.